The smallest absolute Gasteiger partial charge is 0.275 e. The van der Waals surface area contributed by atoms with Gasteiger partial charge in [-0.3, -0.25) is 9.59 Å². The topological polar surface area (TPSA) is 111 Å². The number of amides is 2. The Morgan fingerprint density at radius 2 is 1.92 bits per heavy atom. The zero-order valence-electron chi connectivity index (χ0n) is 14.2. The lowest BCUT2D eigenvalue weighted by Crippen LogP contribution is -2.21. The molecule has 0 bridgehead atoms. The highest BCUT2D eigenvalue weighted by Gasteiger charge is 2.12. The van der Waals surface area contributed by atoms with Gasteiger partial charge >= 0.3 is 0 Å². The fourth-order valence-electron chi connectivity index (χ4n) is 2.13. The number of nitrogens with zero attached hydrogens (tertiary/aromatic N) is 1. The van der Waals surface area contributed by atoms with Crippen LogP contribution >= 0.6 is 11.6 Å². The highest BCUT2D eigenvalue weighted by Crippen LogP contribution is 2.23. The highest BCUT2D eigenvalue weighted by molar-refractivity contribution is 6.31. The van der Waals surface area contributed by atoms with Crippen LogP contribution in [0.4, 0.5) is 5.69 Å². The van der Waals surface area contributed by atoms with Crippen LogP contribution < -0.4 is 10.7 Å². The molecule has 26 heavy (non-hydrogen) atoms. The number of nitrogens with one attached hydrogen (secondary N) is 2. The molecule has 0 saturated heterocycles. The SMILES string of the molecule is C/C(CC(=O)Nc1cccc(Cl)c1C)=N\NC(=O)c1ccc(O)cc1O. The second-order valence-electron chi connectivity index (χ2n) is 5.63. The van der Waals surface area contributed by atoms with Crippen molar-refractivity contribution >= 4 is 34.8 Å². The average Bonchev–Trinajstić information content (AvgIpc) is 2.57. The van der Waals surface area contributed by atoms with Gasteiger partial charge in [-0.25, -0.2) is 5.43 Å². The number of hydrogen-bond acceptors (Lipinski definition) is 5. The summed E-state index contributed by atoms with van der Waals surface area (Å²) in [4.78, 5) is 24.0. The first kappa shape index (κ1) is 19.3. The molecule has 136 valence electrons. The molecule has 0 aromatic heterocycles. The second-order valence-corrected chi connectivity index (χ2v) is 6.03. The standard InChI is InChI=1S/C18H18ClN3O4/c1-10(8-17(25)20-15-5-3-4-14(19)11(15)2)21-22-18(26)13-7-6-12(23)9-16(13)24/h3-7,9,23-24H,8H2,1-2H3,(H,20,25)(H,22,26)/b21-10+. The van der Waals surface area contributed by atoms with Crippen LogP contribution in [0.15, 0.2) is 41.5 Å². The molecule has 7 nitrogen and oxygen atoms in total. The van der Waals surface area contributed by atoms with Gasteiger partial charge in [0.2, 0.25) is 5.91 Å². The number of halogens is 1. The molecule has 0 heterocycles. The summed E-state index contributed by atoms with van der Waals surface area (Å²) in [6, 6.07) is 8.78. The maximum atomic E-state index is 12.1. The average molecular weight is 376 g/mol. The molecule has 0 fully saturated rings. The molecule has 0 aliphatic rings. The summed E-state index contributed by atoms with van der Waals surface area (Å²) in [5.74, 6) is -1.50. The monoisotopic (exact) mass is 375 g/mol. The largest absolute Gasteiger partial charge is 0.508 e. The summed E-state index contributed by atoms with van der Waals surface area (Å²) >= 11 is 6.01. The number of carbonyl (C=O) groups is 2. The Bertz CT molecular complexity index is 881. The quantitative estimate of drug-likeness (QED) is 0.475. The van der Waals surface area contributed by atoms with Gasteiger partial charge in [0.25, 0.3) is 5.91 Å². The fraction of sp³-hybridized carbons (Fsp3) is 0.167. The van der Waals surface area contributed by atoms with E-state index in [1.54, 1.807) is 32.0 Å². The number of phenolic OH excluding ortho intramolecular Hbond substituents is 2. The summed E-state index contributed by atoms with van der Waals surface area (Å²) in [5.41, 5.74) is 3.94. The number of carbonyl (C=O) groups excluding carboxylic acids is 2. The molecule has 2 aromatic rings. The van der Waals surface area contributed by atoms with Crippen LogP contribution in [0.1, 0.15) is 29.3 Å². The van der Waals surface area contributed by atoms with Crippen LogP contribution in [0.2, 0.25) is 5.02 Å². The predicted octanol–water partition coefficient (Wildman–Crippen LogP) is 3.19. The fourth-order valence-corrected chi connectivity index (χ4v) is 2.30. The van der Waals surface area contributed by atoms with E-state index >= 15 is 0 Å². The third-order valence-electron chi connectivity index (χ3n) is 3.53. The molecule has 0 spiro atoms. The summed E-state index contributed by atoms with van der Waals surface area (Å²) in [6.07, 6.45) is -0.0339. The van der Waals surface area contributed by atoms with Crippen LogP contribution in [-0.4, -0.2) is 27.7 Å². The Kier molecular flexibility index (Phi) is 6.19. The summed E-state index contributed by atoms with van der Waals surface area (Å²) < 4.78 is 0. The number of anilines is 1. The number of benzene rings is 2. The molecule has 0 radical (unpaired) electrons. The van der Waals surface area contributed by atoms with Gasteiger partial charge in [0, 0.05) is 22.5 Å². The lowest BCUT2D eigenvalue weighted by molar-refractivity contribution is -0.115. The van der Waals surface area contributed by atoms with E-state index in [1.807, 2.05) is 0 Å². The van der Waals surface area contributed by atoms with Gasteiger partial charge in [0.15, 0.2) is 0 Å². The van der Waals surface area contributed by atoms with E-state index in [1.165, 1.54) is 12.1 Å². The van der Waals surface area contributed by atoms with Gasteiger partial charge < -0.3 is 15.5 Å². The first-order valence-corrected chi connectivity index (χ1v) is 8.06. The molecule has 0 aliphatic carbocycles. The third kappa shape index (κ3) is 4.97. The van der Waals surface area contributed by atoms with Gasteiger partial charge in [-0.05, 0) is 43.7 Å². The zero-order chi connectivity index (χ0) is 19.3. The first-order valence-electron chi connectivity index (χ1n) is 7.68. The Labute approximate surface area is 155 Å². The number of hydrogen-bond donors (Lipinski definition) is 4. The van der Waals surface area contributed by atoms with Crippen molar-refractivity contribution in [1.82, 2.24) is 5.43 Å². The molecule has 0 unspecified atom stereocenters. The van der Waals surface area contributed by atoms with Crippen molar-refractivity contribution in [1.29, 1.82) is 0 Å². The van der Waals surface area contributed by atoms with Gasteiger partial charge in [-0.15, -0.1) is 0 Å². The van der Waals surface area contributed by atoms with Crippen LogP contribution in [0.25, 0.3) is 0 Å². The highest BCUT2D eigenvalue weighted by atomic mass is 35.5. The Hall–Kier alpha value is -3.06. The molecule has 8 heteroatoms. The number of hydrazone groups is 1. The minimum Gasteiger partial charge on any atom is -0.508 e. The maximum absolute atomic E-state index is 12.1. The Morgan fingerprint density at radius 3 is 2.62 bits per heavy atom. The van der Waals surface area contributed by atoms with Crippen LogP contribution in [0.5, 0.6) is 11.5 Å². The van der Waals surface area contributed by atoms with Crippen molar-refractivity contribution in [2.75, 3.05) is 5.32 Å². The van der Waals surface area contributed by atoms with Gasteiger partial charge in [-0.1, -0.05) is 17.7 Å². The molecule has 2 aromatic carbocycles. The van der Waals surface area contributed by atoms with Crippen molar-refractivity contribution in [3.05, 3.63) is 52.5 Å². The molecule has 0 aliphatic heterocycles. The molecular weight excluding hydrogens is 358 g/mol. The first-order chi connectivity index (χ1) is 12.3. The van der Waals surface area contributed by atoms with Crippen LogP contribution in [0.3, 0.4) is 0 Å². The lowest BCUT2D eigenvalue weighted by atomic mass is 10.2. The van der Waals surface area contributed by atoms with Crippen LogP contribution in [-0.2, 0) is 4.79 Å². The van der Waals surface area contributed by atoms with E-state index < -0.39 is 5.91 Å². The minimum absolute atomic E-state index is 0.0339. The zero-order valence-corrected chi connectivity index (χ0v) is 15.0. The van der Waals surface area contributed by atoms with E-state index in [-0.39, 0.29) is 29.4 Å². The third-order valence-corrected chi connectivity index (χ3v) is 3.94. The van der Waals surface area contributed by atoms with E-state index in [4.69, 9.17) is 11.6 Å². The molecule has 0 saturated carbocycles. The van der Waals surface area contributed by atoms with Crippen LogP contribution in [0, 0.1) is 6.92 Å². The Morgan fingerprint density at radius 1 is 1.19 bits per heavy atom. The normalized spacial score (nSPS) is 11.1. The summed E-state index contributed by atoms with van der Waals surface area (Å²) in [6.45, 7) is 3.38. The van der Waals surface area contributed by atoms with E-state index in [2.05, 4.69) is 15.8 Å². The van der Waals surface area contributed by atoms with Crippen molar-refractivity contribution < 1.29 is 19.8 Å². The maximum Gasteiger partial charge on any atom is 0.275 e. The van der Waals surface area contributed by atoms with E-state index in [0.717, 1.165) is 11.6 Å². The van der Waals surface area contributed by atoms with Crippen molar-refractivity contribution in [3.8, 4) is 11.5 Å². The lowest BCUT2D eigenvalue weighted by Gasteiger charge is -2.09. The van der Waals surface area contributed by atoms with Crippen molar-refractivity contribution in [3.63, 3.8) is 0 Å². The summed E-state index contributed by atoms with van der Waals surface area (Å²) in [5, 5.41) is 26.0. The molecule has 2 amide bonds. The second kappa shape index (κ2) is 8.35. The Balaban J connectivity index is 1.96. The van der Waals surface area contributed by atoms with Gasteiger partial charge in [-0.2, -0.15) is 5.10 Å². The number of rotatable bonds is 5. The predicted molar refractivity (Wildman–Crippen MR) is 99.8 cm³/mol. The minimum atomic E-state index is -0.659. The number of aromatic hydroxyl groups is 2. The van der Waals surface area contributed by atoms with Crippen molar-refractivity contribution in [2.24, 2.45) is 5.10 Å². The number of phenols is 2. The molecule has 4 N–H and O–H groups in total. The summed E-state index contributed by atoms with van der Waals surface area (Å²) in [7, 11) is 0. The molecule has 2 rings (SSSR count). The molecule has 0 atom stereocenters. The van der Waals surface area contributed by atoms with E-state index in [9.17, 15) is 19.8 Å². The molecular formula is C18H18ClN3O4. The van der Waals surface area contributed by atoms with Gasteiger partial charge in [0.05, 0.1) is 12.0 Å². The van der Waals surface area contributed by atoms with E-state index in [0.29, 0.717) is 16.4 Å². The van der Waals surface area contributed by atoms with Crippen molar-refractivity contribution in [2.45, 2.75) is 20.3 Å². The van der Waals surface area contributed by atoms with Gasteiger partial charge in [0.1, 0.15) is 11.5 Å².